The Morgan fingerprint density at radius 1 is 0.900 bits per heavy atom. The first kappa shape index (κ1) is 12.1. The van der Waals surface area contributed by atoms with Crippen LogP contribution in [0.25, 0.3) is 0 Å². The van der Waals surface area contributed by atoms with E-state index in [1.54, 1.807) is 0 Å². The van der Waals surface area contributed by atoms with Crippen molar-refractivity contribution in [1.29, 1.82) is 0 Å². The zero-order valence-corrected chi connectivity index (χ0v) is 11.0. The summed E-state index contributed by atoms with van der Waals surface area (Å²) in [5.41, 5.74) is 0. The summed E-state index contributed by atoms with van der Waals surface area (Å²) in [4.78, 5) is 49.4. The van der Waals surface area contributed by atoms with Gasteiger partial charge in [0.25, 0.3) is 0 Å². The molecule has 0 aromatic rings. The van der Waals surface area contributed by atoms with Crippen LogP contribution in [0.3, 0.4) is 0 Å². The molecule has 6 heteroatoms. The maximum absolute atomic E-state index is 12.6. The molecule has 0 aromatic carbocycles. The average Bonchev–Trinajstić information content (AvgIpc) is 3.06. The van der Waals surface area contributed by atoms with Crippen molar-refractivity contribution in [2.24, 2.45) is 23.7 Å². The minimum atomic E-state index is -0.780. The molecule has 2 aliphatic carbocycles. The summed E-state index contributed by atoms with van der Waals surface area (Å²) in [6.45, 7) is 0. The summed E-state index contributed by atoms with van der Waals surface area (Å²) in [6, 6.07) is -0.780. The molecule has 2 saturated heterocycles. The van der Waals surface area contributed by atoms with Gasteiger partial charge in [-0.05, 0) is 37.5 Å². The lowest BCUT2D eigenvalue weighted by molar-refractivity contribution is -0.152. The summed E-state index contributed by atoms with van der Waals surface area (Å²) in [7, 11) is 0. The second-order valence-corrected chi connectivity index (χ2v) is 6.40. The highest BCUT2D eigenvalue weighted by molar-refractivity contribution is 6.11. The van der Waals surface area contributed by atoms with Gasteiger partial charge in [0.15, 0.2) is 0 Å². The van der Waals surface area contributed by atoms with Crippen molar-refractivity contribution in [3.63, 3.8) is 0 Å². The van der Waals surface area contributed by atoms with Crippen molar-refractivity contribution in [3.05, 3.63) is 0 Å². The number of rotatable bonds is 1. The molecule has 4 fully saturated rings. The normalized spacial score (nSPS) is 43.2. The SMILES string of the molecule is O=C1CC[C@@H](N2C(=O)[C@H]3[C@H]4CC[C@@H](C4)[C@@H]3C2=O)C(=O)N1. The molecule has 1 N–H and O–H groups in total. The van der Waals surface area contributed by atoms with Crippen molar-refractivity contribution in [2.45, 2.75) is 38.1 Å². The first-order valence-electron chi connectivity index (χ1n) is 7.28. The first-order valence-corrected chi connectivity index (χ1v) is 7.28. The maximum atomic E-state index is 12.6. The molecule has 2 saturated carbocycles. The quantitative estimate of drug-likeness (QED) is 0.674. The van der Waals surface area contributed by atoms with E-state index < -0.39 is 11.9 Å². The van der Waals surface area contributed by atoms with Gasteiger partial charge in [-0.15, -0.1) is 0 Å². The van der Waals surface area contributed by atoms with Crippen molar-refractivity contribution in [3.8, 4) is 0 Å². The lowest BCUT2D eigenvalue weighted by Crippen LogP contribution is -2.54. The topological polar surface area (TPSA) is 83.6 Å². The Bertz CT molecular complexity index is 515. The molecule has 0 unspecified atom stereocenters. The van der Waals surface area contributed by atoms with E-state index in [9.17, 15) is 19.2 Å². The Morgan fingerprint density at radius 3 is 2.05 bits per heavy atom. The summed E-state index contributed by atoms with van der Waals surface area (Å²) in [5.74, 6) is -0.956. The number of nitrogens with one attached hydrogen (secondary N) is 1. The smallest absolute Gasteiger partial charge is 0.249 e. The van der Waals surface area contributed by atoms with Crippen LogP contribution in [0, 0.1) is 23.7 Å². The summed E-state index contributed by atoms with van der Waals surface area (Å²) < 4.78 is 0. The number of hydrogen-bond donors (Lipinski definition) is 1. The van der Waals surface area contributed by atoms with Gasteiger partial charge in [0.2, 0.25) is 23.6 Å². The number of amides is 4. The predicted molar refractivity (Wildman–Crippen MR) is 65.8 cm³/mol. The van der Waals surface area contributed by atoms with Crippen LogP contribution >= 0.6 is 0 Å². The predicted octanol–water partition coefficient (Wildman–Crippen LogP) is -0.177. The molecule has 0 spiro atoms. The van der Waals surface area contributed by atoms with Crippen molar-refractivity contribution in [1.82, 2.24) is 10.2 Å². The first-order chi connectivity index (χ1) is 9.58. The van der Waals surface area contributed by atoms with Crippen molar-refractivity contribution < 1.29 is 19.2 Å². The number of carbonyl (C=O) groups is 4. The zero-order chi connectivity index (χ0) is 14.0. The molecule has 4 amide bonds. The molecule has 0 radical (unpaired) electrons. The fraction of sp³-hybridized carbons (Fsp3) is 0.714. The van der Waals surface area contributed by atoms with Crippen LogP contribution in [-0.4, -0.2) is 34.6 Å². The number of nitrogens with zero attached hydrogens (tertiary/aromatic N) is 1. The molecule has 6 nitrogen and oxygen atoms in total. The number of likely N-dealkylation sites (tertiary alicyclic amines) is 1. The Hall–Kier alpha value is -1.72. The van der Waals surface area contributed by atoms with Crippen LogP contribution in [0.15, 0.2) is 0 Å². The van der Waals surface area contributed by atoms with Crippen LogP contribution in [0.4, 0.5) is 0 Å². The van der Waals surface area contributed by atoms with Crippen molar-refractivity contribution >= 4 is 23.6 Å². The van der Waals surface area contributed by atoms with Crippen LogP contribution in [-0.2, 0) is 19.2 Å². The maximum Gasteiger partial charge on any atom is 0.249 e. The molecule has 0 aromatic heterocycles. The third kappa shape index (κ3) is 1.39. The second-order valence-electron chi connectivity index (χ2n) is 6.40. The highest BCUT2D eigenvalue weighted by Gasteiger charge is 2.62. The number of hydrogen-bond acceptors (Lipinski definition) is 4. The van der Waals surface area contributed by atoms with Crippen molar-refractivity contribution in [2.75, 3.05) is 0 Å². The van der Waals surface area contributed by atoms with E-state index in [0.29, 0.717) is 11.8 Å². The highest BCUT2D eigenvalue weighted by atomic mass is 16.2. The molecule has 4 aliphatic rings. The standard InChI is InChI=1S/C14H16N2O4/c17-9-4-3-8(12(18)15-9)16-13(19)10-6-1-2-7(5-6)11(10)14(16)20/h6-8,10-11H,1-5H2,(H,15,17,18)/t6-,7-,8+,10-,11-/m0/s1. The summed E-state index contributed by atoms with van der Waals surface area (Å²) >= 11 is 0. The Balaban J connectivity index is 1.64. The van der Waals surface area contributed by atoms with Gasteiger partial charge >= 0.3 is 0 Å². The van der Waals surface area contributed by atoms with E-state index in [1.165, 1.54) is 4.90 Å². The molecular weight excluding hydrogens is 260 g/mol. The Labute approximate surface area is 115 Å². The van der Waals surface area contributed by atoms with E-state index in [2.05, 4.69) is 5.32 Å². The zero-order valence-electron chi connectivity index (χ0n) is 11.0. The lowest BCUT2D eigenvalue weighted by atomic mass is 9.81. The molecule has 106 valence electrons. The van der Waals surface area contributed by atoms with Gasteiger partial charge in [0, 0.05) is 6.42 Å². The highest BCUT2D eigenvalue weighted by Crippen LogP contribution is 2.56. The van der Waals surface area contributed by atoms with E-state index >= 15 is 0 Å². The number of piperidine rings is 1. The summed E-state index contributed by atoms with van der Waals surface area (Å²) in [5, 5.41) is 2.23. The fourth-order valence-electron chi connectivity index (χ4n) is 4.67. The summed E-state index contributed by atoms with van der Waals surface area (Å²) in [6.07, 6.45) is 3.48. The van der Waals surface area contributed by atoms with Gasteiger partial charge in [-0.1, -0.05) is 0 Å². The Kier molecular flexibility index (Phi) is 2.35. The van der Waals surface area contributed by atoms with Gasteiger partial charge in [0.1, 0.15) is 6.04 Å². The number of fused-ring (bicyclic) bond motifs is 5. The average molecular weight is 276 g/mol. The van der Waals surface area contributed by atoms with Crippen LogP contribution < -0.4 is 5.32 Å². The van der Waals surface area contributed by atoms with Gasteiger partial charge in [-0.25, -0.2) is 0 Å². The van der Waals surface area contributed by atoms with Crippen LogP contribution in [0.5, 0.6) is 0 Å². The molecule has 5 atom stereocenters. The molecule has 2 heterocycles. The minimum Gasteiger partial charge on any atom is -0.295 e. The molecular formula is C14H16N2O4. The molecule has 2 aliphatic heterocycles. The lowest BCUT2D eigenvalue weighted by Gasteiger charge is -2.29. The van der Waals surface area contributed by atoms with Gasteiger partial charge < -0.3 is 0 Å². The molecule has 4 rings (SSSR count). The second kappa shape index (κ2) is 3.90. The number of carbonyl (C=O) groups excluding carboxylic acids is 4. The minimum absolute atomic E-state index is 0.179. The monoisotopic (exact) mass is 276 g/mol. The molecule has 2 bridgehead atoms. The van der Waals surface area contributed by atoms with Gasteiger partial charge in [-0.3, -0.25) is 29.4 Å². The van der Waals surface area contributed by atoms with E-state index in [1.807, 2.05) is 0 Å². The van der Waals surface area contributed by atoms with Gasteiger partial charge in [-0.2, -0.15) is 0 Å². The third-order valence-electron chi connectivity index (χ3n) is 5.48. The fourth-order valence-corrected chi connectivity index (χ4v) is 4.67. The van der Waals surface area contributed by atoms with Gasteiger partial charge in [0.05, 0.1) is 11.8 Å². The van der Waals surface area contributed by atoms with E-state index in [0.717, 1.165) is 19.3 Å². The van der Waals surface area contributed by atoms with Crippen LogP contribution in [0.1, 0.15) is 32.1 Å². The third-order valence-corrected chi connectivity index (χ3v) is 5.48. The van der Waals surface area contributed by atoms with Crippen LogP contribution in [0.2, 0.25) is 0 Å². The Morgan fingerprint density at radius 2 is 1.50 bits per heavy atom. The molecule has 20 heavy (non-hydrogen) atoms. The number of imide groups is 2. The van der Waals surface area contributed by atoms with E-state index in [4.69, 9.17) is 0 Å². The van der Waals surface area contributed by atoms with E-state index in [-0.39, 0.29) is 42.4 Å². The largest absolute Gasteiger partial charge is 0.295 e.